The number of methoxy groups -OCH3 is 1. The molecule has 0 saturated carbocycles. The van der Waals surface area contributed by atoms with Crippen LogP contribution in [-0.2, 0) is 0 Å². The first-order chi connectivity index (χ1) is 8.48. The largest absolute Gasteiger partial charge is 0.496 e. The summed E-state index contributed by atoms with van der Waals surface area (Å²) in [5.74, 6) is 0.825. The van der Waals surface area contributed by atoms with Gasteiger partial charge in [0.05, 0.1) is 23.1 Å². The predicted octanol–water partition coefficient (Wildman–Crippen LogP) is 4.20. The van der Waals surface area contributed by atoms with Crippen LogP contribution in [0.1, 0.15) is 26.7 Å². The van der Waals surface area contributed by atoms with Crippen LogP contribution in [-0.4, -0.2) is 13.7 Å². The lowest BCUT2D eigenvalue weighted by Gasteiger charge is -2.15. The lowest BCUT2D eigenvalue weighted by molar-refractivity contribution is 0.412. The van der Waals surface area contributed by atoms with Gasteiger partial charge in [-0.25, -0.2) is 0 Å². The quantitative estimate of drug-likeness (QED) is 0.801. The zero-order valence-electron chi connectivity index (χ0n) is 11.1. The molecule has 1 rings (SSSR count). The van der Waals surface area contributed by atoms with E-state index in [-0.39, 0.29) is 5.41 Å². The van der Waals surface area contributed by atoms with Gasteiger partial charge in [-0.1, -0.05) is 0 Å². The van der Waals surface area contributed by atoms with Crippen LogP contribution in [0.25, 0.3) is 0 Å². The molecule has 0 aromatic heterocycles. The summed E-state index contributed by atoms with van der Waals surface area (Å²) in [6.07, 6.45) is 1.87. The Morgan fingerprint density at radius 3 is 2.72 bits per heavy atom. The van der Waals surface area contributed by atoms with E-state index in [1.54, 1.807) is 7.11 Å². The Morgan fingerprint density at radius 1 is 1.44 bits per heavy atom. The first kappa shape index (κ1) is 14.8. The van der Waals surface area contributed by atoms with Crippen molar-refractivity contribution in [2.75, 3.05) is 19.0 Å². The molecule has 0 radical (unpaired) electrons. The van der Waals surface area contributed by atoms with Crippen molar-refractivity contribution >= 4 is 21.6 Å². The highest BCUT2D eigenvalue weighted by atomic mass is 79.9. The van der Waals surface area contributed by atoms with Crippen LogP contribution in [0.3, 0.4) is 0 Å². The van der Waals surface area contributed by atoms with Gasteiger partial charge in [0.15, 0.2) is 0 Å². The summed E-state index contributed by atoms with van der Waals surface area (Å²) in [6.45, 7) is 4.80. The highest BCUT2D eigenvalue weighted by molar-refractivity contribution is 9.10. The maximum absolute atomic E-state index is 8.91. The fourth-order valence-electron chi connectivity index (χ4n) is 1.60. The molecule has 0 aliphatic rings. The number of benzene rings is 1. The molecular weight excluding hydrogens is 292 g/mol. The number of hydrogen-bond donors (Lipinski definition) is 1. The van der Waals surface area contributed by atoms with Crippen LogP contribution in [0.5, 0.6) is 5.75 Å². The van der Waals surface area contributed by atoms with Crippen LogP contribution in [0.15, 0.2) is 22.7 Å². The molecule has 0 heterocycles. The number of ether oxygens (including phenoxy) is 1. The van der Waals surface area contributed by atoms with E-state index in [4.69, 9.17) is 10.00 Å². The van der Waals surface area contributed by atoms with Crippen molar-refractivity contribution < 1.29 is 4.74 Å². The van der Waals surface area contributed by atoms with Crippen LogP contribution in [0.4, 0.5) is 5.69 Å². The summed E-state index contributed by atoms with van der Waals surface area (Å²) in [4.78, 5) is 0. The minimum Gasteiger partial charge on any atom is -0.496 e. The first-order valence-electron chi connectivity index (χ1n) is 5.97. The monoisotopic (exact) mass is 310 g/mol. The van der Waals surface area contributed by atoms with Crippen molar-refractivity contribution in [1.29, 1.82) is 5.26 Å². The number of anilines is 1. The molecule has 98 valence electrons. The first-order valence-corrected chi connectivity index (χ1v) is 6.76. The lowest BCUT2D eigenvalue weighted by Crippen LogP contribution is -2.11. The van der Waals surface area contributed by atoms with E-state index in [2.05, 4.69) is 27.3 Å². The molecule has 4 heteroatoms. The third-order valence-electron chi connectivity index (χ3n) is 2.76. The minimum absolute atomic E-state index is 0.234. The van der Waals surface area contributed by atoms with Gasteiger partial charge < -0.3 is 10.1 Å². The van der Waals surface area contributed by atoms with Crippen molar-refractivity contribution in [1.82, 2.24) is 0 Å². The topological polar surface area (TPSA) is 45.0 Å². The Labute approximate surface area is 117 Å². The van der Waals surface area contributed by atoms with E-state index in [9.17, 15) is 0 Å². The van der Waals surface area contributed by atoms with E-state index in [1.807, 2.05) is 32.0 Å². The second-order valence-electron chi connectivity index (χ2n) is 4.88. The van der Waals surface area contributed by atoms with Crippen molar-refractivity contribution in [3.63, 3.8) is 0 Å². The van der Waals surface area contributed by atoms with Gasteiger partial charge in [0.1, 0.15) is 5.75 Å². The summed E-state index contributed by atoms with van der Waals surface area (Å²) in [6, 6.07) is 8.21. The van der Waals surface area contributed by atoms with Gasteiger partial charge in [-0.3, -0.25) is 0 Å². The lowest BCUT2D eigenvalue weighted by atomic mass is 9.90. The summed E-state index contributed by atoms with van der Waals surface area (Å²) >= 11 is 3.45. The SMILES string of the molecule is COc1ccc(NCCCC(C)(C)C#N)cc1Br. The zero-order chi connectivity index (χ0) is 13.6. The maximum atomic E-state index is 8.91. The molecule has 0 aliphatic heterocycles. The van der Waals surface area contributed by atoms with Gasteiger partial charge in [-0.15, -0.1) is 0 Å². The van der Waals surface area contributed by atoms with Gasteiger partial charge in [-0.05, 0) is 60.8 Å². The normalized spacial score (nSPS) is 10.8. The van der Waals surface area contributed by atoms with Crippen LogP contribution in [0, 0.1) is 16.7 Å². The molecule has 0 bridgehead atoms. The van der Waals surface area contributed by atoms with Crippen LogP contribution < -0.4 is 10.1 Å². The molecule has 1 aromatic rings. The van der Waals surface area contributed by atoms with E-state index in [0.29, 0.717) is 0 Å². The molecule has 0 atom stereocenters. The number of rotatable bonds is 6. The number of nitriles is 1. The van der Waals surface area contributed by atoms with E-state index in [1.165, 1.54) is 0 Å². The maximum Gasteiger partial charge on any atom is 0.133 e. The van der Waals surface area contributed by atoms with Crippen LogP contribution >= 0.6 is 15.9 Å². The Kier molecular flexibility index (Phi) is 5.49. The predicted molar refractivity (Wildman–Crippen MR) is 77.8 cm³/mol. The van der Waals surface area contributed by atoms with Gasteiger partial charge >= 0.3 is 0 Å². The second kappa shape index (κ2) is 6.65. The molecule has 0 unspecified atom stereocenters. The summed E-state index contributed by atoms with van der Waals surface area (Å²) < 4.78 is 6.11. The third-order valence-corrected chi connectivity index (χ3v) is 3.38. The van der Waals surface area contributed by atoms with Crippen molar-refractivity contribution in [3.05, 3.63) is 22.7 Å². The fraction of sp³-hybridized carbons (Fsp3) is 0.500. The van der Waals surface area contributed by atoms with Gasteiger partial charge in [0, 0.05) is 12.2 Å². The number of nitrogens with one attached hydrogen (secondary N) is 1. The van der Waals surface area contributed by atoms with Crippen molar-refractivity contribution in [2.45, 2.75) is 26.7 Å². The number of halogens is 1. The second-order valence-corrected chi connectivity index (χ2v) is 5.73. The Hall–Kier alpha value is -1.21. The Bertz CT molecular complexity index is 438. The van der Waals surface area contributed by atoms with Crippen LogP contribution in [0.2, 0.25) is 0 Å². The van der Waals surface area contributed by atoms with Gasteiger partial charge in [-0.2, -0.15) is 5.26 Å². The van der Waals surface area contributed by atoms with E-state index >= 15 is 0 Å². The molecule has 1 N–H and O–H groups in total. The van der Waals surface area contributed by atoms with E-state index < -0.39 is 0 Å². The summed E-state index contributed by atoms with van der Waals surface area (Å²) in [5.41, 5.74) is 0.819. The fourth-order valence-corrected chi connectivity index (χ4v) is 2.14. The molecule has 3 nitrogen and oxygen atoms in total. The molecular formula is C14H19BrN2O. The van der Waals surface area contributed by atoms with E-state index in [0.717, 1.165) is 35.3 Å². The minimum atomic E-state index is -0.234. The molecule has 18 heavy (non-hydrogen) atoms. The van der Waals surface area contributed by atoms with Gasteiger partial charge in [0.25, 0.3) is 0 Å². The molecule has 0 aliphatic carbocycles. The molecule has 0 saturated heterocycles. The molecule has 0 fully saturated rings. The Morgan fingerprint density at radius 2 is 2.17 bits per heavy atom. The molecule has 0 spiro atoms. The third kappa shape index (κ3) is 4.58. The highest BCUT2D eigenvalue weighted by Gasteiger charge is 2.15. The number of hydrogen-bond acceptors (Lipinski definition) is 3. The summed E-state index contributed by atoms with van der Waals surface area (Å²) in [7, 11) is 1.65. The van der Waals surface area contributed by atoms with Gasteiger partial charge in [0.2, 0.25) is 0 Å². The molecule has 0 amide bonds. The average molecular weight is 311 g/mol. The van der Waals surface area contributed by atoms with Crippen molar-refractivity contribution in [2.24, 2.45) is 5.41 Å². The number of nitrogens with zero attached hydrogens (tertiary/aromatic N) is 1. The standard InChI is InChI=1S/C14H19BrN2O/c1-14(2,10-16)7-4-8-17-11-5-6-13(18-3)12(15)9-11/h5-6,9,17H,4,7-8H2,1-3H3. The summed E-state index contributed by atoms with van der Waals surface area (Å²) in [5, 5.41) is 12.3. The Balaban J connectivity index is 2.41. The zero-order valence-corrected chi connectivity index (χ0v) is 12.7. The van der Waals surface area contributed by atoms with Crippen molar-refractivity contribution in [3.8, 4) is 11.8 Å². The smallest absolute Gasteiger partial charge is 0.133 e. The highest BCUT2D eigenvalue weighted by Crippen LogP contribution is 2.28. The average Bonchev–Trinajstić information content (AvgIpc) is 2.35. The molecule has 1 aromatic carbocycles.